The minimum absolute atomic E-state index is 0.0273. The van der Waals surface area contributed by atoms with E-state index in [-0.39, 0.29) is 12.0 Å². The van der Waals surface area contributed by atoms with Gasteiger partial charge in [-0.25, -0.2) is 0 Å². The zero-order chi connectivity index (χ0) is 8.89. The van der Waals surface area contributed by atoms with Crippen molar-refractivity contribution in [3.05, 3.63) is 29.8 Å². The molecule has 0 radical (unpaired) electrons. The standard InChI is InChI=1S/C11H12O2/c12-7-11-5-8(6-11)13-10-4-2-1-3-9(10)11/h1-4,8,12H,5-7H2. The van der Waals surface area contributed by atoms with E-state index >= 15 is 0 Å². The van der Waals surface area contributed by atoms with E-state index in [0.717, 1.165) is 18.6 Å². The lowest BCUT2D eigenvalue weighted by atomic mass is 9.61. The van der Waals surface area contributed by atoms with Gasteiger partial charge < -0.3 is 9.84 Å². The molecule has 2 nitrogen and oxygen atoms in total. The maximum absolute atomic E-state index is 9.38. The molecule has 0 saturated heterocycles. The van der Waals surface area contributed by atoms with Crippen molar-refractivity contribution in [1.82, 2.24) is 0 Å². The number of rotatable bonds is 1. The Morgan fingerprint density at radius 2 is 2.15 bits per heavy atom. The topological polar surface area (TPSA) is 29.5 Å². The summed E-state index contributed by atoms with van der Waals surface area (Å²) in [4.78, 5) is 0. The van der Waals surface area contributed by atoms with E-state index in [2.05, 4.69) is 6.07 Å². The van der Waals surface area contributed by atoms with Crippen LogP contribution in [0, 0.1) is 0 Å². The summed E-state index contributed by atoms with van der Waals surface area (Å²) in [5.41, 5.74) is 1.22. The van der Waals surface area contributed by atoms with Gasteiger partial charge in [-0.05, 0) is 18.9 Å². The average molecular weight is 176 g/mol. The van der Waals surface area contributed by atoms with Crippen LogP contribution in [-0.2, 0) is 5.41 Å². The maximum atomic E-state index is 9.38. The Morgan fingerprint density at radius 1 is 1.38 bits per heavy atom. The quantitative estimate of drug-likeness (QED) is 0.702. The molecule has 4 rings (SSSR count). The molecular formula is C11H12O2. The molecule has 1 saturated carbocycles. The predicted octanol–water partition coefficient (Wildman–Crippen LogP) is 1.47. The van der Waals surface area contributed by atoms with Crippen molar-refractivity contribution in [3.8, 4) is 5.75 Å². The van der Waals surface area contributed by atoms with Crippen molar-refractivity contribution < 1.29 is 9.84 Å². The van der Waals surface area contributed by atoms with E-state index in [1.165, 1.54) is 5.56 Å². The highest BCUT2D eigenvalue weighted by Crippen LogP contribution is 2.52. The number of aliphatic hydroxyl groups excluding tert-OH is 1. The van der Waals surface area contributed by atoms with Crippen LogP contribution in [0.3, 0.4) is 0 Å². The molecule has 2 heteroatoms. The van der Waals surface area contributed by atoms with Crippen molar-refractivity contribution in [2.75, 3.05) is 6.61 Å². The molecule has 68 valence electrons. The van der Waals surface area contributed by atoms with E-state index in [1.807, 2.05) is 18.2 Å². The lowest BCUT2D eigenvalue weighted by molar-refractivity contribution is -0.0238. The van der Waals surface area contributed by atoms with Crippen LogP contribution in [0.4, 0.5) is 0 Å². The van der Waals surface area contributed by atoms with Gasteiger partial charge in [0.25, 0.3) is 0 Å². The van der Waals surface area contributed by atoms with Gasteiger partial charge in [0.2, 0.25) is 0 Å². The van der Waals surface area contributed by atoms with Gasteiger partial charge in [0, 0.05) is 11.0 Å². The zero-order valence-electron chi connectivity index (χ0n) is 7.36. The SMILES string of the molecule is OCC12CC(C1)Oc1ccccc12. The van der Waals surface area contributed by atoms with Gasteiger partial charge in [0.05, 0.1) is 6.61 Å². The molecule has 0 aromatic heterocycles. The number of benzene rings is 1. The number of hydrogen-bond acceptors (Lipinski definition) is 2. The summed E-state index contributed by atoms with van der Waals surface area (Å²) in [5.74, 6) is 0.971. The lowest BCUT2D eigenvalue weighted by Crippen LogP contribution is -2.53. The molecule has 0 unspecified atom stereocenters. The number of hydrogen-bond donors (Lipinski definition) is 1. The summed E-state index contributed by atoms with van der Waals surface area (Å²) in [7, 11) is 0. The second-order valence-corrected chi connectivity index (χ2v) is 4.08. The summed E-state index contributed by atoms with van der Waals surface area (Å²) in [6.07, 6.45) is 2.32. The van der Waals surface area contributed by atoms with Gasteiger partial charge in [-0.15, -0.1) is 0 Å². The Bertz CT molecular complexity index is 340. The molecule has 2 bridgehead atoms. The summed E-state index contributed by atoms with van der Waals surface area (Å²) in [6, 6.07) is 8.05. The van der Waals surface area contributed by atoms with Crippen LogP contribution in [0.15, 0.2) is 24.3 Å². The van der Waals surface area contributed by atoms with E-state index < -0.39 is 0 Å². The first kappa shape index (κ1) is 7.39. The van der Waals surface area contributed by atoms with Gasteiger partial charge in [-0.1, -0.05) is 18.2 Å². The van der Waals surface area contributed by atoms with Gasteiger partial charge in [-0.3, -0.25) is 0 Å². The molecule has 1 N–H and O–H groups in total. The summed E-state index contributed by atoms with van der Waals surface area (Å²) in [5, 5.41) is 9.38. The van der Waals surface area contributed by atoms with Crippen LogP contribution in [0.5, 0.6) is 5.75 Å². The third-order valence-electron chi connectivity index (χ3n) is 3.29. The number of ether oxygens (including phenoxy) is 1. The molecule has 2 aliphatic heterocycles. The predicted molar refractivity (Wildman–Crippen MR) is 48.9 cm³/mol. The molecule has 0 atom stereocenters. The fraction of sp³-hybridized carbons (Fsp3) is 0.455. The molecule has 0 amide bonds. The Hall–Kier alpha value is -1.02. The van der Waals surface area contributed by atoms with E-state index in [9.17, 15) is 5.11 Å². The van der Waals surface area contributed by atoms with Crippen LogP contribution in [0.2, 0.25) is 0 Å². The van der Waals surface area contributed by atoms with Gasteiger partial charge in [0.15, 0.2) is 0 Å². The van der Waals surface area contributed by atoms with E-state index in [1.54, 1.807) is 0 Å². The second kappa shape index (κ2) is 2.26. The molecule has 1 aromatic rings. The fourth-order valence-electron chi connectivity index (χ4n) is 2.52. The van der Waals surface area contributed by atoms with Crippen LogP contribution in [0.1, 0.15) is 18.4 Å². The van der Waals surface area contributed by atoms with Gasteiger partial charge in [-0.2, -0.15) is 0 Å². The average Bonchev–Trinajstić information content (AvgIpc) is 2.15. The maximum Gasteiger partial charge on any atom is 0.123 e. The Morgan fingerprint density at radius 3 is 2.92 bits per heavy atom. The van der Waals surface area contributed by atoms with Crippen molar-refractivity contribution in [1.29, 1.82) is 0 Å². The van der Waals surface area contributed by atoms with Crippen LogP contribution < -0.4 is 4.74 Å². The van der Waals surface area contributed by atoms with E-state index in [4.69, 9.17) is 4.74 Å². The molecule has 2 heterocycles. The highest BCUT2D eigenvalue weighted by molar-refractivity contribution is 5.45. The smallest absolute Gasteiger partial charge is 0.123 e. The molecular weight excluding hydrogens is 164 g/mol. The first-order chi connectivity index (χ1) is 6.34. The first-order valence-corrected chi connectivity index (χ1v) is 4.71. The molecule has 0 spiro atoms. The molecule has 13 heavy (non-hydrogen) atoms. The summed E-state index contributed by atoms with van der Waals surface area (Å²) < 4.78 is 5.71. The minimum Gasteiger partial charge on any atom is -0.490 e. The fourth-order valence-corrected chi connectivity index (χ4v) is 2.52. The minimum atomic E-state index is 0.0273. The highest BCUT2D eigenvalue weighted by atomic mass is 16.5. The number of aliphatic hydroxyl groups is 1. The summed E-state index contributed by atoms with van der Waals surface area (Å²) in [6.45, 7) is 0.254. The lowest BCUT2D eigenvalue weighted by Gasteiger charge is -2.51. The monoisotopic (exact) mass is 176 g/mol. The molecule has 1 aliphatic carbocycles. The van der Waals surface area contributed by atoms with Crippen molar-refractivity contribution in [3.63, 3.8) is 0 Å². The normalized spacial score (nSPS) is 34.4. The molecule has 1 fully saturated rings. The van der Waals surface area contributed by atoms with Crippen molar-refractivity contribution in [2.24, 2.45) is 0 Å². The van der Waals surface area contributed by atoms with Gasteiger partial charge in [0.1, 0.15) is 11.9 Å². The number of para-hydroxylation sites is 1. The van der Waals surface area contributed by atoms with Crippen molar-refractivity contribution >= 4 is 0 Å². The van der Waals surface area contributed by atoms with Crippen molar-refractivity contribution in [2.45, 2.75) is 24.4 Å². The third kappa shape index (κ3) is 0.814. The molecule has 3 aliphatic rings. The zero-order valence-corrected chi connectivity index (χ0v) is 7.36. The Kier molecular flexibility index (Phi) is 1.29. The highest BCUT2D eigenvalue weighted by Gasteiger charge is 2.51. The largest absolute Gasteiger partial charge is 0.490 e. The first-order valence-electron chi connectivity index (χ1n) is 4.71. The van der Waals surface area contributed by atoms with Gasteiger partial charge >= 0.3 is 0 Å². The third-order valence-corrected chi connectivity index (χ3v) is 3.29. The Balaban J connectivity index is 2.15. The summed E-state index contributed by atoms with van der Waals surface area (Å²) >= 11 is 0. The van der Waals surface area contributed by atoms with E-state index in [0.29, 0.717) is 6.10 Å². The molecule has 1 aromatic carbocycles. The van der Waals surface area contributed by atoms with Crippen LogP contribution >= 0.6 is 0 Å². The van der Waals surface area contributed by atoms with Crippen LogP contribution in [-0.4, -0.2) is 17.8 Å². The second-order valence-electron chi connectivity index (χ2n) is 4.08. The Labute approximate surface area is 77.2 Å². The van der Waals surface area contributed by atoms with Crippen LogP contribution in [0.25, 0.3) is 0 Å².